The zero-order valence-electron chi connectivity index (χ0n) is 18.6. The van der Waals surface area contributed by atoms with Gasteiger partial charge in [-0.05, 0) is 49.4 Å². The largest absolute Gasteiger partial charge is 0.377 e. The maximum atomic E-state index is 14.8. The minimum atomic E-state index is -1.50. The third-order valence-corrected chi connectivity index (χ3v) is 6.99. The first-order valence-corrected chi connectivity index (χ1v) is 11.7. The van der Waals surface area contributed by atoms with Crippen molar-refractivity contribution >= 4 is 32.0 Å². The summed E-state index contributed by atoms with van der Waals surface area (Å²) in [6, 6.07) is 11.5. The Labute approximate surface area is 190 Å². The number of anilines is 2. The summed E-state index contributed by atoms with van der Waals surface area (Å²) in [6.07, 6.45) is 5.16. The predicted octanol–water partition coefficient (Wildman–Crippen LogP) is 4.44. The highest BCUT2D eigenvalue weighted by Crippen LogP contribution is 2.42. The van der Waals surface area contributed by atoms with Crippen LogP contribution in [0.15, 0.2) is 42.6 Å². The molecule has 8 heteroatoms. The van der Waals surface area contributed by atoms with Gasteiger partial charge >= 0.3 is 0 Å². The number of nitrogens with zero attached hydrogens (tertiary/aromatic N) is 5. The molecular formula is C24H29FN5OP. The van der Waals surface area contributed by atoms with Crippen molar-refractivity contribution < 1.29 is 9.13 Å². The molecule has 5 rings (SSSR count). The number of alkyl halides is 1. The van der Waals surface area contributed by atoms with Gasteiger partial charge in [0.2, 0.25) is 5.95 Å². The van der Waals surface area contributed by atoms with Crippen molar-refractivity contribution in [3.8, 4) is 0 Å². The Morgan fingerprint density at radius 2 is 2.03 bits per heavy atom. The van der Waals surface area contributed by atoms with Crippen LogP contribution in [0.2, 0.25) is 0 Å². The summed E-state index contributed by atoms with van der Waals surface area (Å²) in [7, 11) is 4.29. The number of pyridine rings is 1. The van der Waals surface area contributed by atoms with Crippen molar-refractivity contribution in [2.24, 2.45) is 0 Å². The number of halogens is 1. The lowest BCUT2D eigenvalue weighted by Crippen LogP contribution is -2.61. The van der Waals surface area contributed by atoms with Crippen molar-refractivity contribution in [2.75, 3.05) is 36.6 Å². The first-order valence-electron chi connectivity index (χ1n) is 11.1. The number of benzene rings is 1. The molecule has 0 amide bonds. The number of hydrogen-bond donors (Lipinski definition) is 0. The van der Waals surface area contributed by atoms with Gasteiger partial charge in [0.25, 0.3) is 0 Å². The van der Waals surface area contributed by atoms with E-state index in [9.17, 15) is 4.39 Å². The maximum absolute atomic E-state index is 14.8. The summed E-state index contributed by atoms with van der Waals surface area (Å²) >= 11 is 0. The Balaban J connectivity index is 1.55. The first kappa shape index (κ1) is 21.5. The van der Waals surface area contributed by atoms with Crippen LogP contribution < -0.4 is 9.80 Å². The van der Waals surface area contributed by atoms with Crippen LogP contribution in [0.5, 0.6) is 0 Å². The molecule has 2 unspecified atom stereocenters. The van der Waals surface area contributed by atoms with Crippen molar-refractivity contribution in [1.29, 1.82) is 0 Å². The maximum Gasteiger partial charge on any atom is 0.230 e. The van der Waals surface area contributed by atoms with Gasteiger partial charge in [-0.25, -0.2) is 9.37 Å². The predicted molar refractivity (Wildman–Crippen MR) is 129 cm³/mol. The highest BCUT2D eigenvalue weighted by atomic mass is 31.0. The molecule has 0 radical (unpaired) electrons. The molecule has 168 valence electrons. The second-order valence-corrected chi connectivity index (χ2v) is 10.2. The van der Waals surface area contributed by atoms with Gasteiger partial charge in [-0.1, -0.05) is 33.5 Å². The topological polar surface area (TPSA) is 54.4 Å². The molecule has 3 aromatic rings. The van der Waals surface area contributed by atoms with Gasteiger partial charge in [0.15, 0.2) is 5.65 Å². The average molecular weight is 454 g/mol. The van der Waals surface area contributed by atoms with Crippen LogP contribution >= 0.6 is 9.24 Å². The third-order valence-electron chi connectivity index (χ3n) is 6.68. The van der Waals surface area contributed by atoms with Gasteiger partial charge in [-0.3, -0.25) is 0 Å². The quantitative estimate of drug-likeness (QED) is 0.533. The summed E-state index contributed by atoms with van der Waals surface area (Å²) in [5, 5.41) is -0.608. The van der Waals surface area contributed by atoms with E-state index in [-0.39, 0.29) is 5.54 Å². The van der Waals surface area contributed by atoms with E-state index in [0.29, 0.717) is 30.3 Å². The van der Waals surface area contributed by atoms with Crippen molar-refractivity contribution in [1.82, 2.24) is 15.0 Å². The van der Waals surface area contributed by atoms with E-state index in [0.717, 1.165) is 42.8 Å². The standard InChI is InChI=1S/C24H29FN5OP/c1-23(25,32)19-9-4-3-7-17(19)15-29(2)21-18-8-5-12-26-20(18)27-22(28-21)30-13-14-31-16-24(30)10-6-11-24/h3-5,7-9,12H,6,10-11,13-16,32H2,1-2H3. The minimum Gasteiger partial charge on any atom is -0.377 e. The van der Waals surface area contributed by atoms with Gasteiger partial charge in [0.1, 0.15) is 11.2 Å². The van der Waals surface area contributed by atoms with Crippen molar-refractivity contribution in [3.05, 3.63) is 53.7 Å². The normalized spacial score (nSPS) is 19.6. The Bertz CT molecular complexity index is 1130. The molecule has 2 atom stereocenters. The summed E-state index contributed by atoms with van der Waals surface area (Å²) in [5.74, 6) is 1.51. The van der Waals surface area contributed by atoms with E-state index >= 15 is 0 Å². The number of ether oxygens (including phenoxy) is 1. The van der Waals surface area contributed by atoms with Crippen LogP contribution in [0.1, 0.15) is 37.3 Å². The van der Waals surface area contributed by atoms with Crippen LogP contribution in [0.25, 0.3) is 11.0 Å². The van der Waals surface area contributed by atoms with Crippen LogP contribution in [-0.4, -0.2) is 47.3 Å². The highest BCUT2D eigenvalue weighted by Gasteiger charge is 2.46. The van der Waals surface area contributed by atoms with Crippen LogP contribution in [0.3, 0.4) is 0 Å². The molecule has 2 aliphatic rings. The highest BCUT2D eigenvalue weighted by molar-refractivity contribution is 7.18. The molecule has 1 saturated heterocycles. The van der Waals surface area contributed by atoms with E-state index in [4.69, 9.17) is 14.7 Å². The molecule has 6 nitrogen and oxygen atoms in total. The molecule has 1 saturated carbocycles. The van der Waals surface area contributed by atoms with Gasteiger partial charge in [-0.15, -0.1) is 0 Å². The van der Waals surface area contributed by atoms with Crippen molar-refractivity contribution in [2.45, 2.75) is 43.7 Å². The van der Waals surface area contributed by atoms with Gasteiger partial charge in [-0.2, -0.15) is 9.97 Å². The molecule has 0 N–H and O–H groups in total. The Morgan fingerprint density at radius 1 is 1.22 bits per heavy atom. The Morgan fingerprint density at radius 3 is 2.78 bits per heavy atom. The third kappa shape index (κ3) is 3.82. The fourth-order valence-corrected chi connectivity index (χ4v) is 5.14. The molecule has 2 aromatic heterocycles. The zero-order chi connectivity index (χ0) is 22.3. The molecule has 0 bridgehead atoms. The fraction of sp³-hybridized carbons (Fsp3) is 0.458. The van der Waals surface area contributed by atoms with Crippen molar-refractivity contribution in [3.63, 3.8) is 0 Å². The molecule has 32 heavy (non-hydrogen) atoms. The molecule has 2 fully saturated rings. The number of fused-ring (bicyclic) bond motifs is 1. The number of hydrogen-bond acceptors (Lipinski definition) is 6. The molecule has 1 aliphatic carbocycles. The number of aromatic nitrogens is 3. The lowest BCUT2D eigenvalue weighted by molar-refractivity contribution is 0.0124. The van der Waals surface area contributed by atoms with E-state index in [1.165, 1.54) is 6.42 Å². The molecular weight excluding hydrogens is 424 g/mol. The van der Waals surface area contributed by atoms with E-state index in [1.54, 1.807) is 13.1 Å². The van der Waals surface area contributed by atoms with Crippen LogP contribution in [-0.2, 0) is 16.7 Å². The van der Waals surface area contributed by atoms with E-state index < -0.39 is 5.41 Å². The zero-order valence-corrected chi connectivity index (χ0v) is 19.7. The molecule has 1 aliphatic heterocycles. The van der Waals surface area contributed by atoms with E-state index in [2.05, 4.69) is 24.0 Å². The molecule has 1 spiro atoms. The second-order valence-electron chi connectivity index (χ2n) is 9.09. The minimum absolute atomic E-state index is 0.00137. The second kappa shape index (κ2) is 8.20. The van der Waals surface area contributed by atoms with Crippen LogP contribution in [0.4, 0.5) is 16.2 Å². The summed E-state index contributed by atoms with van der Waals surface area (Å²) < 4.78 is 20.6. The van der Waals surface area contributed by atoms with Gasteiger partial charge in [0.05, 0.1) is 24.1 Å². The lowest BCUT2D eigenvalue weighted by atomic mass is 9.75. The van der Waals surface area contributed by atoms with Gasteiger partial charge in [0, 0.05) is 26.3 Å². The summed E-state index contributed by atoms with van der Waals surface area (Å²) in [4.78, 5) is 18.8. The average Bonchev–Trinajstić information content (AvgIpc) is 2.77. The Kier molecular flexibility index (Phi) is 5.50. The molecule has 1 aromatic carbocycles. The monoisotopic (exact) mass is 453 g/mol. The number of rotatable bonds is 5. The SMILES string of the molecule is CN(Cc1ccccc1C(C)(F)P)c1nc(N2CCOCC23CCC3)nc2ncccc12. The molecule has 3 heterocycles. The Hall–Kier alpha value is -2.37. The van der Waals surface area contributed by atoms with E-state index in [1.807, 2.05) is 43.4 Å². The van der Waals surface area contributed by atoms with Gasteiger partial charge < -0.3 is 14.5 Å². The number of morpholine rings is 1. The summed E-state index contributed by atoms with van der Waals surface area (Å²) in [5.41, 5.74) is 2.26. The summed E-state index contributed by atoms with van der Waals surface area (Å²) in [6.45, 7) is 4.26. The smallest absolute Gasteiger partial charge is 0.230 e. The first-order chi connectivity index (χ1) is 15.4. The lowest BCUT2D eigenvalue weighted by Gasteiger charge is -2.52. The fourth-order valence-electron chi connectivity index (χ4n) is 4.86. The van der Waals surface area contributed by atoms with Crippen LogP contribution in [0, 0.1) is 0 Å².